The molecule has 0 unspecified atom stereocenters. The molecule has 0 fully saturated rings. The maximum Gasteiger partial charge on any atom is 0.288 e. The lowest BCUT2D eigenvalue weighted by molar-refractivity contribution is 0.0951. The largest absolute Gasteiger partial charge is 0.372 e. The Balaban J connectivity index is 1.55. The summed E-state index contributed by atoms with van der Waals surface area (Å²) in [5.41, 5.74) is 8.06. The lowest BCUT2D eigenvalue weighted by atomic mass is 10.0. The first kappa shape index (κ1) is 20.4. The van der Waals surface area contributed by atoms with Gasteiger partial charge in [-0.25, -0.2) is 5.43 Å². The number of amides is 1. The van der Waals surface area contributed by atoms with Gasteiger partial charge in [0, 0.05) is 35.2 Å². The summed E-state index contributed by atoms with van der Waals surface area (Å²) in [6, 6.07) is 26.0. The van der Waals surface area contributed by atoms with Crippen LogP contribution in [0.4, 0.5) is 5.69 Å². The van der Waals surface area contributed by atoms with E-state index in [-0.39, 0.29) is 5.91 Å². The molecule has 0 bridgehead atoms. The van der Waals surface area contributed by atoms with Gasteiger partial charge in [-0.15, -0.1) is 0 Å². The van der Waals surface area contributed by atoms with Crippen molar-refractivity contribution in [2.45, 2.75) is 13.8 Å². The molecule has 0 atom stereocenters. The van der Waals surface area contributed by atoms with Crippen molar-refractivity contribution in [1.82, 2.24) is 10.4 Å². The molecule has 156 valence electrons. The number of hydrogen-bond donors (Lipinski definition) is 2. The van der Waals surface area contributed by atoms with Crippen molar-refractivity contribution in [1.29, 1.82) is 0 Å². The molecule has 5 nitrogen and oxygen atoms in total. The monoisotopic (exact) mass is 410 g/mol. The van der Waals surface area contributed by atoms with E-state index in [1.165, 1.54) is 5.69 Å². The summed E-state index contributed by atoms with van der Waals surface area (Å²) in [4.78, 5) is 18.5. The van der Waals surface area contributed by atoms with Crippen molar-refractivity contribution in [2.75, 3.05) is 18.0 Å². The Morgan fingerprint density at radius 2 is 1.61 bits per heavy atom. The summed E-state index contributed by atoms with van der Waals surface area (Å²) < 4.78 is 0. The van der Waals surface area contributed by atoms with Gasteiger partial charge in [0.15, 0.2) is 0 Å². The number of hydrazone groups is 1. The Hall–Kier alpha value is -3.86. The Morgan fingerprint density at radius 3 is 2.32 bits per heavy atom. The van der Waals surface area contributed by atoms with Gasteiger partial charge in [0.1, 0.15) is 5.69 Å². The van der Waals surface area contributed by atoms with Crippen molar-refractivity contribution in [2.24, 2.45) is 5.10 Å². The number of nitrogens with one attached hydrogen (secondary N) is 2. The number of carbonyl (C=O) groups is 1. The quantitative estimate of drug-likeness (QED) is 0.315. The van der Waals surface area contributed by atoms with Crippen LogP contribution in [0, 0.1) is 0 Å². The molecule has 31 heavy (non-hydrogen) atoms. The topological polar surface area (TPSA) is 60.5 Å². The van der Waals surface area contributed by atoms with Crippen LogP contribution in [0.25, 0.3) is 22.0 Å². The normalized spacial score (nSPS) is 11.2. The molecule has 3 aromatic carbocycles. The van der Waals surface area contributed by atoms with Gasteiger partial charge >= 0.3 is 0 Å². The van der Waals surface area contributed by atoms with Crippen LogP contribution in [0.2, 0.25) is 0 Å². The van der Waals surface area contributed by atoms with Gasteiger partial charge in [-0.1, -0.05) is 60.7 Å². The average molecular weight is 411 g/mol. The first-order valence-electron chi connectivity index (χ1n) is 10.6. The fraction of sp³-hybridized carbons (Fsp3) is 0.154. The molecule has 1 amide bonds. The number of para-hydroxylation sites is 1. The number of H-pyrrole nitrogens is 1. The summed E-state index contributed by atoms with van der Waals surface area (Å²) in [5.74, 6) is -0.272. The number of aromatic nitrogens is 1. The molecule has 0 aliphatic rings. The van der Waals surface area contributed by atoms with Crippen LogP contribution in [-0.4, -0.2) is 30.2 Å². The summed E-state index contributed by atoms with van der Waals surface area (Å²) in [6.45, 7) is 6.22. The van der Waals surface area contributed by atoms with Crippen LogP contribution < -0.4 is 10.3 Å². The highest BCUT2D eigenvalue weighted by atomic mass is 16.2. The first-order chi connectivity index (χ1) is 15.2. The number of rotatable bonds is 7. The lowest BCUT2D eigenvalue weighted by Gasteiger charge is -2.20. The third kappa shape index (κ3) is 4.36. The first-order valence-corrected chi connectivity index (χ1v) is 10.6. The lowest BCUT2D eigenvalue weighted by Crippen LogP contribution is -2.21. The Labute approximate surface area is 182 Å². The third-order valence-corrected chi connectivity index (χ3v) is 5.40. The highest BCUT2D eigenvalue weighted by Gasteiger charge is 2.18. The highest BCUT2D eigenvalue weighted by Crippen LogP contribution is 2.32. The fourth-order valence-corrected chi connectivity index (χ4v) is 3.80. The maximum atomic E-state index is 13.0. The van der Waals surface area contributed by atoms with E-state index in [9.17, 15) is 4.79 Å². The molecule has 4 rings (SSSR count). The van der Waals surface area contributed by atoms with E-state index in [0.29, 0.717) is 5.69 Å². The van der Waals surface area contributed by atoms with Crippen LogP contribution in [0.1, 0.15) is 29.9 Å². The van der Waals surface area contributed by atoms with Crippen molar-refractivity contribution < 1.29 is 4.79 Å². The van der Waals surface area contributed by atoms with E-state index in [4.69, 9.17) is 0 Å². The molecule has 0 aliphatic heterocycles. The van der Waals surface area contributed by atoms with Crippen LogP contribution in [0.5, 0.6) is 0 Å². The zero-order valence-corrected chi connectivity index (χ0v) is 17.8. The summed E-state index contributed by atoms with van der Waals surface area (Å²) in [7, 11) is 0. The second kappa shape index (κ2) is 9.30. The number of hydrogen-bond acceptors (Lipinski definition) is 3. The molecule has 0 radical (unpaired) electrons. The second-order valence-corrected chi connectivity index (χ2v) is 7.25. The number of fused-ring (bicyclic) bond motifs is 1. The van der Waals surface area contributed by atoms with E-state index in [2.05, 4.69) is 46.4 Å². The molecule has 0 saturated carbocycles. The van der Waals surface area contributed by atoms with Gasteiger partial charge in [-0.3, -0.25) is 4.79 Å². The molecule has 1 aromatic heterocycles. The van der Waals surface area contributed by atoms with E-state index >= 15 is 0 Å². The molecular formula is C26H26N4O. The van der Waals surface area contributed by atoms with E-state index in [0.717, 1.165) is 40.7 Å². The van der Waals surface area contributed by atoms with E-state index < -0.39 is 0 Å². The minimum Gasteiger partial charge on any atom is -0.372 e. The second-order valence-electron chi connectivity index (χ2n) is 7.25. The molecule has 0 aliphatic carbocycles. The average Bonchev–Trinajstić information content (AvgIpc) is 3.21. The zero-order chi connectivity index (χ0) is 21.6. The van der Waals surface area contributed by atoms with Gasteiger partial charge in [-0.2, -0.15) is 5.10 Å². The van der Waals surface area contributed by atoms with E-state index in [1.54, 1.807) is 6.21 Å². The number of carbonyl (C=O) groups excluding carboxylic acids is 1. The summed E-state index contributed by atoms with van der Waals surface area (Å²) in [5, 5.41) is 5.19. The number of aromatic amines is 1. The smallest absolute Gasteiger partial charge is 0.288 e. The van der Waals surface area contributed by atoms with Gasteiger partial charge in [-0.05, 0) is 43.2 Å². The molecular weight excluding hydrogens is 384 g/mol. The Bertz CT molecular complexity index is 1190. The van der Waals surface area contributed by atoms with Gasteiger partial charge in [0.05, 0.1) is 6.21 Å². The Morgan fingerprint density at radius 1 is 0.935 bits per heavy atom. The predicted molar refractivity (Wildman–Crippen MR) is 129 cm³/mol. The van der Waals surface area contributed by atoms with E-state index in [1.807, 2.05) is 66.7 Å². The molecule has 1 heterocycles. The summed E-state index contributed by atoms with van der Waals surface area (Å²) in [6.07, 6.45) is 1.66. The molecule has 0 saturated heterocycles. The van der Waals surface area contributed by atoms with Crippen molar-refractivity contribution >= 4 is 28.7 Å². The van der Waals surface area contributed by atoms with Crippen LogP contribution in [0.3, 0.4) is 0 Å². The fourth-order valence-electron chi connectivity index (χ4n) is 3.80. The maximum absolute atomic E-state index is 13.0. The number of benzene rings is 3. The standard InChI is InChI=1S/C26H26N4O/c1-3-30(4-2)21-16-14-19(15-17-21)18-27-29-26(31)25-24(20-10-6-5-7-11-20)22-12-8-9-13-23(22)28-25/h5-18,28H,3-4H2,1-2H3,(H,29,31)/b27-18+. The number of nitrogens with zero attached hydrogens (tertiary/aromatic N) is 2. The van der Waals surface area contributed by atoms with Crippen molar-refractivity contribution in [3.8, 4) is 11.1 Å². The van der Waals surface area contributed by atoms with Gasteiger partial charge in [0.2, 0.25) is 0 Å². The molecule has 2 N–H and O–H groups in total. The van der Waals surface area contributed by atoms with Crippen molar-refractivity contribution in [3.63, 3.8) is 0 Å². The van der Waals surface area contributed by atoms with Gasteiger partial charge < -0.3 is 9.88 Å². The molecule has 5 heteroatoms. The summed E-state index contributed by atoms with van der Waals surface area (Å²) >= 11 is 0. The van der Waals surface area contributed by atoms with Crippen LogP contribution in [0.15, 0.2) is 84.0 Å². The van der Waals surface area contributed by atoms with Crippen molar-refractivity contribution in [3.05, 3.63) is 90.1 Å². The number of anilines is 1. The van der Waals surface area contributed by atoms with Crippen LogP contribution >= 0.6 is 0 Å². The van der Waals surface area contributed by atoms with Crippen LogP contribution in [-0.2, 0) is 0 Å². The highest BCUT2D eigenvalue weighted by molar-refractivity contribution is 6.09. The third-order valence-electron chi connectivity index (χ3n) is 5.40. The zero-order valence-electron chi connectivity index (χ0n) is 17.8. The minimum absolute atomic E-state index is 0.272. The predicted octanol–water partition coefficient (Wildman–Crippen LogP) is 5.45. The SMILES string of the molecule is CCN(CC)c1ccc(/C=N/NC(=O)c2[nH]c3ccccc3c2-c2ccccc2)cc1. The Kier molecular flexibility index (Phi) is 6.13. The molecule has 0 spiro atoms. The molecule has 4 aromatic rings. The van der Waals surface area contributed by atoms with Gasteiger partial charge in [0.25, 0.3) is 5.91 Å². The minimum atomic E-state index is -0.272.